The van der Waals surface area contributed by atoms with Gasteiger partial charge in [0.1, 0.15) is 4.88 Å². The number of aryl methyl sites for hydroxylation is 1. The van der Waals surface area contributed by atoms with Crippen molar-refractivity contribution in [3.63, 3.8) is 0 Å². The van der Waals surface area contributed by atoms with Gasteiger partial charge in [-0.05, 0) is 19.3 Å². The standard InChI is InChI=1S/C9H12N2O2S/c1-4-3-6(4)11-9-10-5(2)7(14-9)8(12)13/h4,6H,3H2,1-2H3,(H,10,11)(H,12,13). The van der Waals surface area contributed by atoms with E-state index in [9.17, 15) is 4.79 Å². The van der Waals surface area contributed by atoms with Crippen LogP contribution in [0.1, 0.15) is 28.7 Å². The van der Waals surface area contributed by atoms with Gasteiger partial charge in [0, 0.05) is 6.04 Å². The van der Waals surface area contributed by atoms with Crippen LogP contribution in [-0.4, -0.2) is 22.1 Å². The molecular weight excluding hydrogens is 200 g/mol. The van der Waals surface area contributed by atoms with E-state index in [4.69, 9.17) is 5.11 Å². The highest BCUT2D eigenvalue weighted by Crippen LogP contribution is 2.34. The Bertz CT molecular complexity index is 375. The fourth-order valence-corrected chi connectivity index (χ4v) is 2.21. The maximum Gasteiger partial charge on any atom is 0.347 e. The van der Waals surface area contributed by atoms with E-state index < -0.39 is 5.97 Å². The molecule has 0 spiro atoms. The molecule has 0 bridgehead atoms. The number of anilines is 1. The largest absolute Gasteiger partial charge is 0.477 e. The summed E-state index contributed by atoms with van der Waals surface area (Å²) in [5, 5.41) is 12.8. The van der Waals surface area contributed by atoms with E-state index in [2.05, 4.69) is 17.2 Å². The van der Waals surface area contributed by atoms with E-state index >= 15 is 0 Å². The van der Waals surface area contributed by atoms with E-state index in [0.29, 0.717) is 22.5 Å². The third kappa shape index (κ3) is 1.72. The molecule has 5 heteroatoms. The molecule has 1 heterocycles. The van der Waals surface area contributed by atoms with E-state index in [-0.39, 0.29) is 0 Å². The van der Waals surface area contributed by atoms with Gasteiger partial charge in [-0.2, -0.15) is 0 Å². The number of rotatable bonds is 3. The third-order valence-corrected chi connectivity index (χ3v) is 3.49. The lowest BCUT2D eigenvalue weighted by Gasteiger charge is -1.97. The zero-order valence-corrected chi connectivity index (χ0v) is 8.89. The van der Waals surface area contributed by atoms with Gasteiger partial charge in [-0.1, -0.05) is 18.3 Å². The molecule has 1 aliphatic rings. The van der Waals surface area contributed by atoms with E-state index in [0.717, 1.165) is 11.6 Å². The molecule has 0 aromatic carbocycles. The average molecular weight is 212 g/mol. The molecular formula is C9H12N2O2S. The highest BCUT2D eigenvalue weighted by atomic mass is 32.1. The van der Waals surface area contributed by atoms with Gasteiger partial charge >= 0.3 is 5.97 Å². The summed E-state index contributed by atoms with van der Waals surface area (Å²) in [7, 11) is 0. The van der Waals surface area contributed by atoms with Gasteiger partial charge in [-0.15, -0.1) is 0 Å². The van der Waals surface area contributed by atoms with Crippen molar-refractivity contribution >= 4 is 22.4 Å². The lowest BCUT2D eigenvalue weighted by molar-refractivity contribution is 0.0701. The Balaban J connectivity index is 2.12. The fraction of sp³-hybridized carbons (Fsp3) is 0.556. The van der Waals surface area contributed by atoms with Crippen molar-refractivity contribution in [1.29, 1.82) is 0 Å². The van der Waals surface area contributed by atoms with E-state index in [1.54, 1.807) is 6.92 Å². The summed E-state index contributed by atoms with van der Waals surface area (Å²) in [6, 6.07) is 0.488. The molecule has 4 nitrogen and oxygen atoms in total. The summed E-state index contributed by atoms with van der Waals surface area (Å²) in [6.45, 7) is 3.89. The number of carbonyl (C=O) groups is 1. The number of carboxylic acid groups (broad SMARTS) is 1. The number of thiazole rings is 1. The average Bonchev–Trinajstić information content (AvgIpc) is 2.60. The second-order valence-corrected chi connectivity index (χ2v) is 4.70. The van der Waals surface area contributed by atoms with Crippen LogP contribution in [0, 0.1) is 12.8 Å². The van der Waals surface area contributed by atoms with Crippen molar-refractivity contribution in [2.45, 2.75) is 26.3 Å². The van der Waals surface area contributed by atoms with Crippen LogP contribution in [0.3, 0.4) is 0 Å². The first kappa shape index (κ1) is 9.45. The van der Waals surface area contributed by atoms with Crippen LogP contribution in [-0.2, 0) is 0 Å². The molecule has 2 N–H and O–H groups in total. The number of aromatic carboxylic acids is 1. The van der Waals surface area contributed by atoms with Crippen molar-refractivity contribution < 1.29 is 9.90 Å². The molecule has 0 saturated heterocycles. The Morgan fingerprint density at radius 3 is 2.79 bits per heavy atom. The summed E-state index contributed by atoms with van der Waals surface area (Å²) in [5.74, 6) is -0.204. The van der Waals surface area contributed by atoms with Gasteiger partial charge in [0.05, 0.1) is 5.69 Å². The highest BCUT2D eigenvalue weighted by Gasteiger charge is 2.33. The number of nitrogens with zero attached hydrogens (tertiary/aromatic N) is 1. The Kier molecular flexibility index (Phi) is 2.19. The molecule has 2 unspecified atom stereocenters. The molecule has 14 heavy (non-hydrogen) atoms. The highest BCUT2D eigenvalue weighted by molar-refractivity contribution is 7.17. The van der Waals surface area contributed by atoms with Gasteiger partial charge in [-0.25, -0.2) is 9.78 Å². The van der Waals surface area contributed by atoms with Gasteiger partial charge in [0.2, 0.25) is 0 Å². The Morgan fingerprint density at radius 1 is 1.71 bits per heavy atom. The van der Waals surface area contributed by atoms with Crippen LogP contribution in [0.5, 0.6) is 0 Å². The molecule has 0 aliphatic heterocycles. The molecule has 0 amide bonds. The molecule has 1 fully saturated rings. The van der Waals surface area contributed by atoms with Crippen molar-refractivity contribution in [2.75, 3.05) is 5.32 Å². The topological polar surface area (TPSA) is 62.2 Å². The number of hydrogen-bond acceptors (Lipinski definition) is 4. The van der Waals surface area contributed by atoms with Crippen LogP contribution in [0.15, 0.2) is 0 Å². The van der Waals surface area contributed by atoms with Crippen molar-refractivity contribution in [2.24, 2.45) is 5.92 Å². The first-order chi connectivity index (χ1) is 6.58. The minimum atomic E-state index is -0.892. The number of hydrogen-bond donors (Lipinski definition) is 2. The summed E-state index contributed by atoms with van der Waals surface area (Å²) in [5.41, 5.74) is 0.596. The molecule has 76 valence electrons. The maximum absolute atomic E-state index is 10.7. The molecule has 1 aromatic rings. The monoisotopic (exact) mass is 212 g/mol. The van der Waals surface area contributed by atoms with E-state index in [1.165, 1.54) is 11.3 Å². The Morgan fingerprint density at radius 2 is 2.36 bits per heavy atom. The maximum atomic E-state index is 10.7. The first-order valence-electron chi connectivity index (χ1n) is 4.55. The van der Waals surface area contributed by atoms with Crippen molar-refractivity contribution in [3.05, 3.63) is 10.6 Å². The van der Waals surface area contributed by atoms with Gasteiger partial charge in [0.25, 0.3) is 0 Å². The SMILES string of the molecule is Cc1nc(NC2CC2C)sc1C(=O)O. The quantitative estimate of drug-likeness (QED) is 0.804. The normalized spacial score (nSPS) is 24.7. The van der Waals surface area contributed by atoms with Gasteiger partial charge in [0.15, 0.2) is 5.13 Å². The third-order valence-electron chi connectivity index (χ3n) is 2.41. The molecule has 1 aromatic heterocycles. The van der Waals surface area contributed by atoms with Gasteiger partial charge < -0.3 is 10.4 Å². The summed E-state index contributed by atoms with van der Waals surface area (Å²) < 4.78 is 0. The van der Waals surface area contributed by atoms with Crippen LogP contribution >= 0.6 is 11.3 Å². The second kappa shape index (κ2) is 3.24. The van der Waals surface area contributed by atoms with Gasteiger partial charge in [-0.3, -0.25) is 0 Å². The zero-order valence-electron chi connectivity index (χ0n) is 8.07. The van der Waals surface area contributed by atoms with Crippen LogP contribution < -0.4 is 5.32 Å². The Hall–Kier alpha value is -1.10. The lowest BCUT2D eigenvalue weighted by atomic mass is 10.4. The summed E-state index contributed by atoms with van der Waals surface area (Å²) in [4.78, 5) is 15.3. The zero-order chi connectivity index (χ0) is 10.3. The van der Waals surface area contributed by atoms with Crippen molar-refractivity contribution in [1.82, 2.24) is 4.98 Å². The predicted molar refractivity (Wildman–Crippen MR) is 55.0 cm³/mol. The first-order valence-corrected chi connectivity index (χ1v) is 5.37. The number of aromatic nitrogens is 1. The second-order valence-electron chi connectivity index (χ2n) is 3.70. The van der Waals surface area contributed by atoms with Crippen LogP contribution in [0.2, 0.25) is 0 Å². The molecule has 2 atom stereocenters. The number of nitrogens with one attached hydrogen (secondary N) is 1. The summed E-state index contributed by atoms with van der Waals surface area (Å²) in [6.07, 6.45) is 1.15. The van der Waals surface area contributed by atoms with Crippen LogP contribution in [0.4, 0.5) is 5.13 Å². The molecule has 2 rings (SSSR count). The minimum Gasteiger partial charge on any atom is -0.477 e. The lowest BCUT2D eigenvalue weighted by Crippen LogP contribution is -2.02. The summed E-state index contributed by atoms with van der Waals surface area (Å²) >= 11 is 1.22. The Labute approximate surface area is 86.0 Å². The minimum absolute atomic E-state index is 0.334. The molecule has 0 radical (unpaired) electrons. The number of carboxylic acids is 1. The predicted octanol–water partition coefficient (Wildman–Crippen LogP) is 1.97. The van der Waals surface area contributed by atoms with Crippen LogP contribution in [0.25, 0.3) is 0 Å². The van der Waals surface area contributed by atoms with E-state index in [1.807, 2.05) is 0 Å². The van der Waals surface area contributed by atoms with Crippen molar-refractivity contribution in [3.8, 4) is 0 Å². The molecule has 1 aliphatic carbocycles. The smallest absolute Gasteiger partial charge is 0.347 e. The molecule has 1 saturated carbocycles. The fourth-order valence-electron chi connectivity index (χ4n) is 1.34.